The quantitative estimate of drug-likeness (QED) is 0.721. The van der Waals surface area contributed by atoms with Gasteiger partial charge in [0.25, 0.3) is 0 Å². The Balaban J connectivity index is 1.81. The van der Waals surface area contributed by atoms with E-state index in [2.05, 4.69) is 0 Å². The number of nitrogens with zero attached hydrogens (tertiary/aromatic N) is 1. The molecular formula is C16H25NO6. The zero-order chi connectivity index (χ0) is 16.9. The fraction of sp³-hybridized carbons (Fsp3) is 0.875. The van der Waals surface area contributed by atoms with Crippen LogP contribution >= 0.6 is 0 Å². The van der Waals surface area contributed by atoms with Crippen LogP contribution in [0.3, 0.4) is 0 Å². The average Bonchev–Trinajstić information content (AvgIpc) is 2.98. The number of carbonyl (C=O) groups excluding carboxylic acids is 2. The largest absolute Gasteiger partial charge is 0.465 e. The highest BCUT2D eigenvalue weighted by molar-refractivity contribution is 5.87. The maximum Gasteiger partial charge on any atom is 0.413 e. The third-order valence-electron chi connectivity index (χ3n) is 4.66. The molecule has 2 bridgehead atoms. The number of methoxy groups -OCH3 is 1. The SMILES string of the molecule is COC(=O)[C@]12C[C@](C3CCCCO3)(CN1C(=O)OC(C)(C)C)O2. The van der Waals surface area contributed by atoms with Crippen LogP contribution in [0.25, 0.3) is 0 Å². The van der Waals surface area contributed by atoms with E-state index in [0.717, 1.165) is 19.3 Å². The van der Waals surface area contributed by atoms with Crippen molar-refractivity contribution in [2.45, 2.75) is 69.5 Å². The summed E-state index contributed by atoms with van der Waals surface area (Å²) in [5.74, 6) is -0.563. The summed E-state index contributed by atoms with van der Waals surface area (Å²) in [4.78, 5) is 26.1. The predicted octanol–water partition coefficient (Wildman–Crippen LogP) is 1.83. The molecular weight excluding hydrogens is 302 g/mol. The summed E-state index contributed by atoms with van der Waals surface area (Å²) >= 11 is 0. The number of hydrogen-bond donors (Lipinski definition) is 0. The summed E-state index contributed by atoms with van der Waals surface area (Å²) in [6.45, 7) is 6.35. The van der Waals surface area contributed by atoms with E-state index in [1.165, 1.54) is 12.0 Å². The van der Waals surface area contributed by atoms with Crippen LogP contribution in [0.15, 0.2) is 0 Å². The van der Waals surface area contributed by atoms with Gasteiger partial charge in [0.1, 0.15) is 11.2 Å². The Kier molecular flexibility index (Phi) is 3.84. The summed E-state index contributed by atoms with van der Waals surface area (Å²) in [6, 6.07) is 0. The molecule has 0 spiro atoms. The van der Waals surface area contributed by atoms with E-state index in [1.807, 2.05) is 0 Å². The molecule has 0 aromatic rings. The van der Waals surface area contributed by atoms with Gasteiger partial charge >= 0.3 is 12.1 Å². The molecule has 4 saturated heterocycles. The Labute approximate surface area is 136 Å². The van der Waals surface area contributed by atoms with E-state index < -0.39 is 29.0 Å². The van der Waals surface area contributed by atoms with E-state index >= 15 is 0 Å². The van der Waals surface area contributed by atoms with Crippen molar-refractivity contribution in [1.82, 2.24) is 4.90 Å². The number of carbonyl (C=O) groups is 2. The van der Waals surface area contributed by atoms with Gasteiger partial charge in [0.2, 0.25) is 5.72 Å². The van der Waals surface area contributed by atoms with Crippen LogP contribution in [0.2, 0.25) is 0 Å². The Bertz CT molecular complexity index is 499. The topological polar surface area (TPSA) is 74.3 Å². The van der Waals surface area contributed by atoms with E-state index in [4.69, 9.17) is 18.9 Å². The van der Waals surface area contributed by atoms with Crippen molar-refractivity contribution in [2.75, 3.05) is 20.3 Å². The lowest BCUT2D eigenvalue weighted by Gasteiger charge is -2.48. The molecule has 4 aliphatic heterocycles. The van der Waals surface area contributed by atoms with Gasteiger partial charge in [0.05, 0.1) is 19.8 Å². The number of esters is 1. The van der Waals surface area contributed by atoms with Gasteiger partial charge in [-0.2, -0.15) is 0 Å². The molecule has 0 N–H and O–H groups in total. The molecule has 4 fully saturated rings. The van der Waals surface area contributed by atoms with Crippen LogP contribution in [0, 0.1) is 0 Å². The van der Waals surface area contributed by atoms with Gasteiger partial charge in [-0.05, 0) is 40.0 Å². The molecule has 0 radical (unpaired) electrons. The molecule has 130 valence electrons. The second kappa shape index (κ2) is 5.34. The fourth-order valence-corrected chi connectivity index (χ4v) is 3.72. The van der Waals surface area contributed by atoms with Crippen molar-refractivity contribution in [3.8, 4) is 0 Å². The first-order chi connectivity index (χ1) is 10.7. The molecule has 1 unspecified atom stereocenters. The standard InChI is InChI=1S/C16H25NO6/c1-14(2,3)22-13(19)17-10-15(11-7-5-6-8-21-11)9-16(17,23-15)12(18)20-4/h11H,5-10H2,1-4H3/t11?,15-,16-/m1/s1. The molecule has 23 heavy (non-hydrogen) atoms. The number of amides is 1. The highest BCUT2D eigenvalue weighted by atomic mass is 16.7. The first kappa shape index (κ1) is 16.5. The molecule has 4 rings (SSSR count). The van der Waals surface area contributed by atoms with Crippen LogP contribution in [-0.4, -0.2) is 60.3 Å². The molecule has 0 aliphatic carbocycles. The van der Waals surface area contributed by atoms with E-state index in [1.54, 1.807) is 20.8 Å². The van der Waals surface area contributed by atoms with Crippen molar-refractivity contribution in [2.24, 2.45) is 0 Å². The molecule has 0 saturated carbocycles. The summed E-state index contributed by atoms with van der Waals surface area (Å²) in [7, 11) is 1.29. The minimum Gasteiger partial charge on any atom is -0.465 e. The number of hydrogen-bond acceptors (Lipinski definition) is 6. The van der Waals surface area contributed by atoms with Crippen LogP contribution in [0.1, 0.15) is 46.5 Å². The maximum atomic E-state index is 12.5. The average molecular weight is 327 g/mol. The Hall–Kier alpha value is -1.34. The monoisotopic (exact) mass is 327 g/mol. The van der Waals surface area contributed by atoms with Gasteiger partial charge in [-0.25, -0.2) is 9.59 Å². The second-order valence-electron chi connectivity index (χ2n) is 7.54. The number of ether oxygens (including phenoxy) is 4. The normalized spacial score (nSPS) is 36.3. The van der Waals surface area contributed by atoms with Crippen molar-refractivity contribution >= 4 is 12.1 Å². The summed E-state index contributed by atoms with van der Waals surface area (Å²) in [5, 5.41) is 0. The zero-order valence-electron chi connectivity index (χ0n) is 14.2. The van der Waals surface area contributed by atoms with Crippen molar-refractivity contribution in [3.63, 3.8) is 0 Å². The Morgan fingerprint density at radius 1 is 1.26 bits per heavy atom. The summed E-state index contributed by atoms with van der Waals surface area (Å²) in [5.41, 5.74) is -2.63. The lowest BCUT2D eigenvalue weighted by molar-refractivity contribution is -0.283. The molecule has 1 amide bonds. The summed E-state index contributed by atoms with van der Waals surface area (Å²) in [6.07, 6.45) is 2.72. The van der Waals surface area contributed by atoms with Crippen molar-refractivity contribution in [1.29, 1.82) is 0 Å². The van der Waals surface area contributed by atoms with Gasteiger partial charge in [-0.1, -0.05) is 0 Å². The zero-order valence-corrected chi connectivity index (χ0v) is 14.2. The first-order valence-electron chi connectivity index (χ1n) is 8.13. The van der Waals surface area contributed by atoms with Crippen LogP contribution in [-0.2, 0) is 23.7 Å². The third-order valence-corrected chi connectivity index (χ3v) is 4.66. The van der Waals surface area contributed by atoms with E-state index in [0.29, 0.717) is 19.6 Å². The third kappa shape index (κ3) is 2.59. The van der Waals surface area contributed by atoms with Crippen molar-refractivity contribution < 1.29 is 28.5 Å². The Morgan fingerprint density at radius 2 is 1.96 bits per heavy atom. The minimum absolute atomic E-state index is 0.0959. The smallest absolute Gasteiger partial charge is 0.413 e. The molecule has 3 atom stereocenters. The molecule has 0 aromatic carbocycles. The van der Waals surface area contributed by atoms with Gasteiger partial charge in [0, 0.05) is 13.0 Å². The van der Waals surface area contributed by atoms with Gasteiger partial charge in [0.15, 0.2) is 0 Å². The van der Waals surface area contributed by atoms with Crippen LogP contribution < -0.4 is 0 Å². The first-order valence-corrected chi connectivity index (χ1v) is 8.13. The highest BCUT2D eigenvalue weighted by Crippen LogP contribution is 2.56. The maximum absolute atomic E-state index is 12.5. The van der Waals surface area contributed by atoms with E-state index in [9.17, 15) is 9.59 Å². The van der Waals surface area contributed by atoms with E-state index in [-0.39, 0.29) is 6.10 Å². The lowest BCUT2D eigenvalue weighted by Crippen LogP contribution is -2.65. The highest BCUT2D eigenvalue weighted by Gasteiger charge is 2.76. The minimum atomic E-state index is -1.36. The predicted molar refractivity (Wildman–Crippen MR) is 79.7 cm³/mol. The molecule has 4 heterocycles. The second-order valence-corrected chi connectivity index (χ2v) is 7.54. The van der Waals surface area contributed by atoms with Gasteiger partial charge < -0.3 is 18.9 Å². The lowest BCUT2D eigenvalue weighted by atomic mass is 9.82. The van der Waals surface area contributed by atoms with Crippen molar-refractivity contribution in [3.05, 3.63) is 0 Å². The van der Waals surface area contributed by atoms with Crippen LogP contribution in [0.5, 0.6) is 0 Å². The van der Waals surface area contributed by atoms with Crippen LogP contribution in [0.4, 0.5) is 4.79 Å². The molecule has 4 aliphatic rings. The molecule has 0 aromatic heterocycles. The fourth-order valence-electron chi connectivity index (χ4n) is 3.72. The Morgan fingerprint density at radius 3 is 2.48 bits per heavy atom. The molecule has 7 nitrogen and oxygen atoms in total. The molecule has 7 heteroatoms. The number of fused-ring (bicyclic) bond motifs is 1. The number of rotatable bonds is 2. The van der Waals surface area contributed by atoms with Gasteiger partial charge in [-0.15, -0.1) is 0 Å². The van der Waals surface area contributed by atoms with Gasteiger partial charge in [-0.3, -0.25) is 4.90 Å². The summed E-state index contributed by atoms with van der Waals surface area (Å²) < 4.78 is 22.1.